The Hall–Kier alpha value is -1.88. The molecule has 0 fully saturated rings. The monoisotopic (exact) mass is 223 g/mol. The van der Waals surface area contributed by atoms with Crippen LogP contribution in [0.25, 0.3) is 0 Å². The third kappa shape index (κ3) is 3.36. The third-order valence-electron chi connectivity index (χ3n) is 2.00. The highest BCUT2D eigenvalue weighted by Gasteiger charge is 2.12. The highest BCUT2D eigenvalue weighted by Crippen LogP contribution is 2.09. The topological polar surface area (TPSA) is 86.6 Å². The average molecular weight is 223 g/mol. The van der Waals surface area contributed by atoms with Gasteiger partial charge in [0.25, 0.3) is 5.91 Å². The Morgan fingerprint density at radius 1 is 1.25 bits per heavy atom. The third-order valence-corrected chi connectivity index (χ3v) is 2.00. The zero-order valence-electron chi connectivity index (χ0n) is 8.64. The molecule has 0 aromatic heterocycles. The molecule has 1 amide bonds. The number of nitrogens with one attached hydrogen (secondary N) is 1. The number of aliphatic hydroxyl groups is 1. The van der Waals surface area contributed by atoms with E-state index in [4.69, 9.17) is 10.2 Å². The number of carbonyl (C=O) groups excluding carboxylic acids is 1. The van der Waals surface area contributed by atoms with Crippen LogP contribution in [-0.2, 0) is 11.2 Å². The molecule has 0 radical (unpaired) electrons. The maximum absolute atomic E-state index is 11.6. The standard InChI is InChI=1S/C11H13NO4/c13-6-5-12-11(16)9-4-2-1-3-8(9)7-10(14)15/h1-4,13H,5-7H2,(H,12,16)(H,14,15). The van der Waals surface area contributed by atoms with E-state index in [2.05, 4.69) is 5.32 Å². The Bertz CT molecular complexity index is 389. The Labute approximate surface area is 92.7 Å². The fourth-order valence-electron chi connectivity index (χ4n) is 1.32. The van der Waals surface area contributed by atoms with Crippen molar-refractivity contribution in [2.24, 2.45) is 0 Å². The van der Waals surface area contributed by atoms with Gasteiger partial charge in [-0.1, -0.05) is 18.2 Å². The zero-order valence-corrected chi connectivity index (χ0v) is 8.64. The van der Waals surface area contributed by atoms with Gasteiger partial charge in [0, 0.05) is 12.1 Å². The van der Waals surface area contributed by atoms with Gasteiger partial charge in [-0.25, -0.2) is 0 Å². The smallest absolute Gasteiger partial charge is 0.307 e. The Balaban J connectivity index is 2.85. The molecular formula is C11H13NO4. The number of aliphatic carboxylic acids is 1. The van der Waals surface area contributed by atoms with Gasteiger partial charge >= 0.3 is 5.97 Å². The van der Waals surface area contributed by atoms with Crippen molar-refractivity contribution < 1.29 is 19.8 Å². The van der Waals surface area contributed by atoms with E-state index >= 15 is 0 Å². The van der Waals surface area contributed by atoms with E-state index in [0.29, 0.717) is 11.1 Å². The first-order valence-corrected chi connectivity index (χ1v) is 4.84. The number of benzene rings is 1. The summed E-state index contributed by atoms with van der Waals surface area (Å²) in [5.74, 6) is -1.35. The number of carboxylic acid groups (broad SMARTS) is 1. The molecule has 0 atom stereocenters. The molecule has 1 aromatic carbocycles. The van der Waals surface area contributed by atoms with Crippen LogP contribution in [0, 0.1) is 0 Å². The summed E-state index contributed by atoms with van der Waals surface area (Å²) in [6.07, 6.45) is -0.192. The first-order valence-electron chi connectivity index (χ1n) is 4.84. The number of aliphatic hydroxyl groups excluding tert-OH is 1. The van der Waals surface area contributed by atoms with E-state index in [1.807, 2.05) is 0 Å². The SMILES string of the molecule is O=C(O)Cc1ccccc1C(=O)NCCO. The van der Waals surface area contributed by atoms with Crippen LogP contribution in [0.4, 0.5) is 0 Å². The molecule has 0 aliphatic heterocycles. The molecule has 86 valence electrons. The van der Waals surface area contributed by atoms with Crippen LogP contribution in [0.2, 0.25) is 0 Å². The molecular weight excluding hydrogens is 210 g/mol. The second kappa shape index (κ2) is 5.87. The summed E-state index contributed by atoms with van der Waals surface area (Å²) in [5, 5.41) is 19.7. The number of carbonyl (C=O) groups is 2. The molecule has 0 aliphatic carbocycles. The molecule has 1 aromatic rings. The van der Waals surface area contributed by atoms with Gasteiger partial charge in [0.1, 0.15) is 0 Å². The van der Waals surface area contributed by atoms with Crippen LogP contribution in [0.1, 0.15) is 15.9 Å². The van der Waals surface area contributed by atoms with Crippen molar-refractivity contribution in [2.45, 2.75) is 6.42 Å². The molecule has 5 nitrogen and oxygen atoms in total. The summed E-state index contributed by atoms with van der Waals surface area (Å²) < 4.78 is 0. The van der Waals surface area contributed by atoms with Crippen LogP contribution in [0.15, 0.2) is 24.3 Å². The van der Waals surface area contributed by atoms with E-state index in [9.17, 15) is 9.59 Å². The van der Waals surface area contributed by atoms with Crippen molar-refractivity contribution in [2.75, 3.05) is 13.2 Å². The number of hydrogen-bond acceptors (Lipinski definition) is 3. The van der Waals surface area contributed by atoms with Gasteiger partial charge in [-0.3, -0.25) is 9.59 Å². The first kappa shape index (κ1) is 12.2. The highest BCUT2D eigenvalue weighted by atomic mass is 16.4. The van der Waals surface area contributed by atoms with E-state index < -0.39 is 5.97 Å². The normalized spacial score (nSPS) is 9.81. The second-order valence-electron chi connectivity index (χ2n) is 3.21. The van der Waals surface area contributed by atoms with Crippen molar-refractivity contribution in [3.05, 3.63) is 35.4 Å². The summed E-state index contributed by atoms with van der Waals surface area (Å²) >= 11 is 0. The summed E-state index contributed by atoms with van der Waals surface area (Å²) in [5.41, 5.74) is 0.795. The van der Waals surface area contributed by atoms with Crippen LogP contribution >= 0.6 is 0 Å². The Kier molecular flexibility index (Phi) is 4.47. The Morgan fingerprint density at radius 2 is 1.94 bits per heavy atom. The quantitative estimate of drug-likeness (QED) is 0.657. The van der Waals surface area contributed by atoms with Gasteiger partial charge in [0.15, 0.2) is 0 Å². The molecule has 0 heterocycles. The van der Waals surface area contributed by atoms with Gasteiger partial charge in [-0.2, -0.15) is 0 Å². The van der Waals surface area contributed by atoms with Crippen molar-refractivity contribution >= 4 is 11.9 Å². The lowest BCUT2D eigenvalue weighted by Gasteiger charge is -2.07. The van der Waals surface area contributed by atoms with Gasteiger partial charge < -0.3 is 15.5 Å². The molecule has 0 aliphatic rings. The largest absolute Gasteiger partial charge is 0.481 e. The number of amides is 1. The summed E-state index contributed by atoms with van der Waals surface area (Å²) in [6, 6.07) is 6.51. The fourth-order valence-corrected chi connectivity index (χ4v) is 1.32. The van der Waals surface area contributed by atoms with Crippen LogP contribution in [0.3, 0.4) is 0 Å². The molecule has 3 N–H and O–H groups in total. The molecule has 0 saturated heterocycles. The average Bonchev–Trinajstić information content (AvgIpc) is 2.26. The van der Waals surface area contributed by atoms with Crippen molar-refractivity contribution in [3.8, 4) is 0 Å². The summed E-state index contributed by atoms with van der Waals surface area (Å²) in [6.45, 7) is 0.00702. The maximum atomic E-state index is 11.6. The minimum Gasteiger partial charge on any atom is -0.481 e. The minimum atomic E-state index is -0.984. The van der Waals surface area contributed by atoms with E-state index in [1.165, 1.54) is 0 Å². The predicted molar refractivity (Wildman–Crippen MR) is 57.2 cm³/mol. The molecule has 0 saturated carbocycles. The van der Waals surface area contributed by atoms with E-state index in [0.717, 1.165) is 0 Å². The molecule has 16 heavy (non-hydrogen) atoms. The van der Waals surface area contributed by atoms with Gasteiger partial charge in [-0.15, -0.1) is 0 Å². The second-order valence-corrected chi connectivity index (χ2v) is 3.21. The molecule has 1 rings (SSSR count). The number of rotatable bonds is 5. The van der Waals surface area contributed by atoms with Gasteiger partial charge in [0.2, 0.25) is 0 Å². The number of carboxylic acids is 1. The summed E-state index contributed by atoms with van der Waals surface area (Å²) in [7, 11) is 0. The molecule has 0 spiro atoms. The van der Waals surface area contributed by atoms with Gasteiger partial charge in [-0.05, 0) is 11.6 Å². The number of hydrogen-bond donors (Lipinski definition) is 3. The first-order chi connectivity index (χ1) is 7.65. The maximum Gasteiger partial charge on any atom is 0.307 e. The molecule has 0 bridgehead atoms. The van der Waals surface area contributed by atoms with Crippen LogP contribution < -0.4 is 5.32 Å². The predicted octanol–water partition coefficient (Wildman–Crippen LogP) is 0.0358. The van der Waals surface area contributed by atoms with Gasteiger partial charge in [0.05, 0.1) is 13.0 Å². The van der Waals surface area contributed by atoms with E-state index in [-0.39, 0.29) is 25.5 Å². The summed E-state index contributed by atoms with van der Waals surface area (Å²) in [4.78, 5) is 22.2. The van der Waals surface area contributed by atoms with Crippen molar-refractivity contribution in [1.29, 1.82) is 0 Å². The lowest BCUT2D eigenvalue weighted by Crippen LogP contribution is -2.27. The van der Waals surface area contributed by atoms with Crippen LogP contribution in [0.5, 0.6) is 0 Å². The fraction of sp³-hybridized carbons (Fsp3) is 0.273. The minimum absolute atomic E-state index is 0.146. The highest BCUT2D eigenvalue weighted by molar-refractivity contribution is 5.96. The Morgan fingerprint density at radius 3 is 2.56 bits per heavy atom. The van der Waals surface area contributed by atoms with Crippen LogP contribution in [-0.4, -0.2) is 35.2 Å². The zero-order chi connectivity index (χ0) is 12.0. The molecule has 5 heteroatoms. The molecule has 0 unspecified atom stereocenters. The van der Waals surface area contributed by atoms with Crippen molar-refractivity contribution in [3.63, 3.8) is 0 Å². The van der Waals surface area contributed by atoms with E-state index in [1.54, 1.807) is 24.3 Å². The lowest BCUT2D eigenvalue weighted by atomic mass is 10.0. The van der Waals surface area contributed by atoms with Crippen molar-refractivity contribution in [1.82, 2.24) is 5.32 Å². The lowest BCUT2D eigenvalue weighted by molar-refractivity contribution is -0.136.